The van der Waals surface area contributed by atoms with Crippen molar-refractivity contribution in [2.45, 2.75) is 26.7 Å². The Labute approximate surface area is 110 Å². The van der Waals surface area contributed by atoms with Gasteiger partial charge in [0.2, 0.25) is 0 Å². The zero-order valence-electron chi connectivity index (χ0n) is 11.0. The molecule has 0 heterocycles. The minimum absolute atomic E-state index is 1.06. The summed E-state index contributed by atoms with van der Waals surface area (Å²) in [5.41, 5.74) is 5.02. The predicted molar refractivity (Wildman–Crippen MR) is 77.6 cm³/mol. The highest BCUT2D eigenvalue weighted by Crippen LogP contribution is 2.13. The van der Waals surface area contributed by atoms with Crippen molar-refractivity contribution in [2.24, 2.45) is 0 Å². The Bertz CT molecular complexity index is 568. The number of aryl methyl sites for hydroxylation is 2. The van der Waals surface area contributed by atoms with E-state index in [4.69, 9.17) is 0 Å². The first-order valence-electron chi connectivity index (χ1n) is 6.52. The van der Waals surface area contributed by atoms with Crippen LogP contribution in [0.25, 0.3) is 0 Å². The average molecular weight is 234 g/mol. The molecule has 0 fully saturated rings. The van der Waals surface area contributed by atoms with Crippen molar-refractivity contribution >= 4 is 0 Å². The first-order chi connectivity index (χ1) is 8.83. The number of benzene rings is 2. The topological polar surface area (TPSA) is 0 Å². The van der Waals surface area contributed by atoms with Gasteiger partial charge in [-0.3, -0.25) is 0 Å². The van der Waals surface area contributed by atoms with Crippen LogP contribution in [0.5, 0.6) is 0 Å². The molecular weight excluding hydrogens is 216 g/mol. The lowest BCUT2D eigenvalue weighted by atomic mass is 10.00. The fourth-order valence-corrected chi connectivity index (χ4v) is 2.04. The van der Waals surface area contributed by atoms with Gasteiger partial charge in [-0.25, -0.2) is 0 Å². The number of rotatable bonds is 2. The highest BCUT2D eigenvalue weighted by molar-refractivity contribution is 5.45. The minimum Gasteiger partial charge on any atom is -0.0622 e. The fraction of sp³-hybridized carbons (Fsp3) is 0.222. The van der Waals surface area contributed by atoms with E-state index < -0.39 is 0 Å². The van der Waals surface area contributed by atoms with Crippen molar-refractivity contribution < 1.29 is 0 Å². The van der Waals surface area contributed by atoms with Crippen molar-refractivity contribution in [2.75, 3.05) is 0 Å². The van der Waals surface area contributed by atoms with E-state index in [1.807, 2.05) is 30.3 Å². The van der Waals surface area contributed by atoms with Gasteiger partial charge in [-0.1, -0.05) is 50.0 Å². The monoisotopic (exact) mass is 234 g/mol. The van der Waals surface area contributed by atoms with Crippen LogP contribution in [0.4, 0.5) is 0 Å². The maximum atomic E-state index is 3.24. The highest BCUT2D eigenvalue weighted by Gasteiger charge is 1.98. The van der Waals surface area contributed by atoms with Crippen LogP contribution in [0.1, 0.15) is 36.1 Å². The van der Waals surface area contributed by atoms with Gasteiger partial charge in [-0.05, 0) is 48.2 Å². The van der Waals surface area contributed by atoms with Gasteiger partial charge in [-0.2, -0.15) is 0 Å². The summed E-state index contributed by atoms with van der Waals surface area (Å²) in [6, 6.07) is 16.7. The normalized spacial score (nSPS) is 9.67. The molecule has 0 radical (unpaired) electrons. The van der Waals surface area contributed by atoms with Gasteiger partial charge in [0.1, 0.15) is 0 Å². The van der Waals surface area contributed by atoms with Gasteiger partial charge in [0.05, 0.1) is 0 Å². The molecule has 0 aliphatic carbocycles. The molecular formula is C18H18. The second kappa shape index (κ2) is 6.07. The molecule has 0 saturated carbocycles. The lowest BCUT2D eigenvalue weighted by Gasteiger charge is -2.05. The van der Waals surface area contributed by atoms with E-state index in [2.05, 4.69) is 43.9 Å². The van der Waals surface area contributed by atoms with E-state index in [0.717, 1.165) is 24.0 Å². The van der Waals surface area contributed by atoms with Gasteiger partial charge in [0.25, 0.3) is 0 Å². The summed E-state index contributed by atoms with van der Waals surface area (Å²) >= 11 is 0. The van der Waals surface area contributed by atoms with Crippen molar-refractivity contribution in [3.05, 3.63) is 70.8 Å². The van der Waals surface area contributed by atoms with Crippen LogP contribution in [0.2, 0.25) is 0 Å². The number of hydrogen-bond donors (Lipinski definition) is 0. The Balaban J connectivity index is 2.28. The maximum absolute atomic E-state index is 3.24. The lowest BCUT2D eigenvalue weighted by Crippen LogP contribution is -1.91. The quantitative estimate of drug-likeness (QED) is 0.683. The predicted octanol–water partition coefficient (Wildman–Crippen LogP) is 4.21. The summed E-state index contributed by atoms with van der Waals surface area (Å²) in [5, 5.41) is 0. The zero-order chi connectivity index (χ0) is 12.8. The average Bonchev–Trinajstić information content (AvgIpc) is 2.45. The molecule has 0 aliphatic rings. The van der Waals surface area contributed by atoms with E-state index >= 15 is 0 Å². The molecule has 18 heavy (non-hydrogen) atoms. The Morgan fingerprint density at radius 3 is 2.06 bits per heavy atom. The van der Waals surface area contributed by atoms with Crippen molar-refractivity contribution in [3.63, 3.8) is 0 Å². The molecule has 0 N–H and O–H groups in total. The van der Waals surface area contributed by atoms with E-state index in [-0.39, 0.29) is 0 Å². The Morgan fingerprint density at radius 2 is 1.39 bits per heavy atom. The molecule has 0 spiro atoms. The van der Waals surface area contributed by atoms with E-state index in [0.29, 0.717) is 0 Å². The molecule has 0 saturated heterocycles. The van der Waals surface area contributed by atoms with Gasteiger partial charge in [0, 0.05) is 11.1 Å². The van der Waals surface area contributed by atoms with Crippen LogP contribution in [0, 0.1) is 11.8 Å². The van der Waals surface area contributed by atoms with Gasteiger partial charge in [-0.15, -0.1) is 0 Å². The van der Waals surface area contributed by atoms with Crippen LogP contribution in [-0.4, -0.2) is 0 Å². The summed E-state index contributed by atoms with van der Waals surface area (Å²) in [4.78, 5) is 0. The maximum Gasteiger partial charge on any atom is 0.0251 e. The second-order valence-electron chi connectivity index (χ2n) is 4.31. The third-order valence-electron chi connectivity index (χ3n) is 3.09. The van der Waals surface area contributed by atoms with Crippen molar-refractivity contribution in [1.29, 1.82) is 0 Å². The highest BCUT2D eigenvalue weighted by atomic mass is 14.0. The van der Waals surface area contributed by atoms with Crippen LogP contribution < -0.4 is 0 Å². The Kier molecular flexibility index (Phi) is 4.20. The standard InChI is InChI=1S/C18H18/c1-3-17-13-12-16(14-18(17)4-2)11-10-15-8-6-5-7-9-15/h5-9,12-14H,3-4H2,1-2H3. The summed E-state index contributed by atoms with van der Waals surface area (Å²) < 4.78 is 0. The van der Waals surface area contributed by atoms with Gasteiger partial charge < -0.3 is 0 Å². The van der Waals surface area contributed by atoms with E-state index in [9.17, 15) is 0 Å². The molecule has 2 aromatic rings. The van der Waals surface area contributed by atoms with Crippen molar-refractivity contribution in [3.8, 4) is 11.8 Å². The fourth-order valence-electron chi connectivity index (χ4n) is 2.04. The second-order valence-corrected chi connectivity index (χ2v) is 4.31. The molecule has 0 heteroatoms. The molecule has 90 valence electrons. The first kappa shape index (κ1) is 12.5. The summed E-state index contributed by atoms with van der Waals surface area (Å²) in [6.07, 6.45) is 2.17. The lowest BCUT2D eigenvalue weighted by molar-refractivity contribution is 1.04. The largest absolute Gasteiger partial charge is 0.0622 e. The Hall–Kier alpha value is -2.00. The summed E-state index contributed by atoms with van der Waals surface area (Å²) in [6.45, 7) is 4.40. The SMILES string of the molecule is CCc1ccc(C#Cc2ccccc2)cc1CC. The van der Waals surface area contributed by atoms with Gasteiger partial charge in [0.15, 0.2) is 0 Å². The van der Waals surface area contributed by atoms with Crippen LogP contribution in [0.3, 0.4) is 0 Å². The third-order valence-corrected chi connectivity index (χ3v) is 3.09. The molecule has 2 aromatic carbocycles. The molecule has 0 unspecified atom stereocenters. The Morgan fingerprint density at radius 1 is 0.722 bits per heavy atom. The molecule has 0 nitrogen and oxygen atoms in total. The number of hydrogen-bond acceptors (Lipinski definition) is 0. The van der Waals surface area contributed by atoms with E-state index in [1.54, 1.807) is 0 Å². The molecule has 0 atom stereocenters. The van der Waals surface area contributed by atoms with Crippen molar-refractivity contribution in [1.82, 2.24) is 0 Å². The van der Waals surface area contributed by atoms with Crippen LogP contribution in [0.15, 0.2) is 48.5 Å². The van der Waals surface area contributed by atoms with Crippen LogP contribution in [-0.2, 0) is 12.8 Å². The minimum atomic E-state index is 1.06. The molecule has 0 aliphatic heterocycles. The summed E-state index contributed by atoms with van der Waals surface area (Å²) in [7, 11) is 0. The molecule has 0 aromatic heterocycles. The summed E-state index contributed by atoms with van der Waals surface area (Å²) in [5.74, 6) is 6.44. The third kappa shape index (κ3) is 3.02. The van der Waals surface area contributed by atoms with Crippen LogP contribution >= 0.6 is 0 Å². The smallest absolute Gasteiger partial charge is 0.0251 e. The molecule has 2 rings (SSSR count). The van der Waals surface area contributed by atoms with Gasteiger partial charge >= 0.3 is 0 Å². The molecule has 0 amide bonds. The zero-order valence-corrected chi connectivity index (χ0v) is 11.0. The molecule has 0 bridgehead atoms. The van der Waals surface area contributed by atoms with E-state index in [1.165, 1.54) is 11.1 Å². The first-order valence-corrected chi connectivity index (χ1v) is 6.52.